The average molecular weight is 398 g/mol. The lowest BCUT2D eigenvalue weighted by atomic mass is 10.1. The Morgan fingerprint density at radius 3 is 2.68 bits per heavy atom. The van der Waals surface area contributed by atoms with E-state index in [4.69, 9.17) is 18.9 Å². The van der Waals surface area contributed by atoms with E-state index < -0.39 is 0 Å². The minimum atomic E-state index is -0.303. The summed E-state index contributed by atoms with van der Waals surface area (Å²) in [6.07, 6.45) is 0. The second kappa shape index (κ2) is 7.77. The summed E-state index contributed by atoms with van der Waals surface area (Å²) in [7, 11) is 3.07. The van der Waals surface area contributed by atoms with Gasteiger partial charge in [0.15, 0.2) is 16.6 Å². The Bertz CT molecular complexity index is 1020. The van der Waals surface area contributed by atoms with E-state index in [0.29, 0.717) is 41.2 Å². The molecule has 0 bridgehead atoms. The Balaban J connectivity index is 1.53. The fraction of sp³-hybridized carbons (Fsp3) is 0.200. The standard InChI is InChI=1S/C20H18N2O5S/c1-24-13-4-5-14(17(10-13)25-2)19(23)22-20-21-15(11-28-20)12-3-6-16-18(9-12)27-8-7-26-16/h3-6,9-11H,7-8H2,1-2H3,(H,21,22,23). The van der Waals surface area contributed by atoms with Gasteiger partial charge >= 0.3 is 0 Å². The second-order valence-electron chi connectivity index (χ2n) is 5.92. The lowest BCUT2D eigenvalue weighted by Gasteiger charge is -2.18. The van der Waals surface area contributed by atoms with Crippen molar-refractivity contribution in [1.29, 1.82) is 0 Å². The van der Waals surface area contributed by atoms with Crippen molar-refractivity contribution >= 4 is 22.4 Å². The quantitative estimate of drug-likeness (QED) is 0.703. The molecule has 0 saturated heterocycles. The smallest absolute Gasteiger partial charge is 0.261 e. The molecule has 0 fully saturated rings. The molecule has 0 atom stereocenters. The lowest BCUT2D eigenvalue weighted by molar-refractivity contribution is 0.102. The Kier molecular flexibility index (Phi) is 5.03. The number of amides is 1. The van der Waals surface area contributed by atoms with Gasteiger partial charge in [0.1, 0.15) is 24.7 Å². The van der Waals surface area contributed by atoms with E-state index in [9.17, 15) is 4.79 Å². The van der Waals surface area contributed by atoms with Crippen LogP contribution in [0.1, 0.15) is 10.4 Å². The molecule has 7 nitrogen and oxygen atoms in total. The highest BCUT2D eigenvalue weighted by atomic mass is 32.1. The molecule has 1 aromatic heterocycles. The normalized spacial score (nSPS) is 12.4. The number of thiazole rings is 1. The maximum Gasteiger partial charge on any atom is 0.261 e. The van der Waals surface area contributed by atoms with E-state index in [-0.39, 0.29) is 5.91 Å². The van der Waals surface area contributed by atoms with Gasteiger partial charge in [0.2, 0.25) is 0 Å². The Hall–Kier alpha value is -3.26. The SMILES string of the molecule is COc1ccc(C(=O)Nc2nc(-c3ccc4c(c3)OCCO4)cs2)c(OC)c1. The highest BCUT2D eigenvalue weighted by Gasteiger charge is 2.17. The van der Waals surface area contributed by atoms with Crippen LogP contribution in [0.15, 0.2) is 41.8 Å². The summed E-state index contributed by atoms with van der Waals surface area (Å²) in [5.41, 5.74) is 2.04. The van der Waals surface area contributed by atoms with Crippen LogP contribution in [0.5, 0.6) is 23.0 Å². The number of rotatable bonds is 5. The number of hydrogen-bond donors (Lipinski definition) is 1. The highest BCUT2D eigenvalue weighted by Crippen LogP contribution is 2.35. The molecule has 8 heteroatoms. The third-order valence-corrected chi connectivity index (χ3v) is 4.97. The monoisotopic (exact) mass is 398 g/mol. The summed E-state index contributed by atoms with van der Waals surface area (Å²) in [6, 6.07) is 10.7. The van der Waals surface area contributed by atoms with Crippen molar-refractivity contribution < 1.29 is 23.7 Å². The third-order valence-electron chi connectivity index (χ3n) is 4.22. The van der Waals surface area contributed by atoms with Gasteiger partial charge in [-0.15, -0.1) is 11.3 Å². The van der Waals surface area contributed by atoms with Gasteiger partial charge in [-0.2, -0.15) is 0 Å². The minimum Gasteiger partial charge on any atom is -0.497 e. The predicted molar refractivity (Wildman–Crippen MR) is 106 cm³/mol. The van der Waals surface area contributed by atoms with Crippen LogP contribution >= 0.6 is 11.3 Å². The number of carbonyl (C=O) groups is 1. The van der Waals surface area contributed by atoms with Crippen molar-refractivity contribution in [2.75, 3.05) is 32.8 Å². The molecule has 4 rings (SSSR count). The molecule has 2 aromatic carbocycles. The van der Waals surface area contributed by atoms with Crippen LogP contribution in [-0.2, 0) is 0 Å². The third kappa shape index (κ3) is 3.59. The Morgan fingerprint density at radius 2 is 1.89 bits per heavy atom. The van der Waals surface area contributed by atoms with Crippen LogP contribution in [-0.4, -0.2) is 38.3 Å². The van der Waals surface area contributed by atoms with Crippen LogP contribution in [0.3, 0.4) is 0 Å². The van der Waals surface area contributed by atoms with E-state index in [0.717, 1.165) is 17.0 Å². The first-order valence-corrected chi connectivity index (χ1v) is 9.45. The molecule has 3 aromatic rings. The predicted octanol–water partition coefficient (Wildman–Crippen LogP) is 3.85. The number of anilines is 1. The molecule has 1 N–H and O–H groups in total. The summed E-state index contributed by atoms with van der Waals surface area (Å²) in [5.74, 6) is 2.17. The molecule has 0 aliphatic carbocycles. The molecule has 144 valence electrons. The zero-order valence-corrected chi connectivity index (χ0v) is 16.2. The summed E-state index contributed by atoms with van der Waals surface area (Å²) < 4.78 is 21.6. The van der Waals surface area contributed by atoms with E-state index in [1.165, 1.54) is 18.4 Å². The zero-order chi connectivity index (χ0) is 19.5. The first-order chi connectivity index (χ1) is 13.7. The molecule has 1 amide bonds. The molecule has 1 aliphatic heterocycles. The van der Waals surface area contributed by atoms with Crippen molar-refractivity contribution in [1.82, 2.24) is 4.98 Å². The number of aromatic nitrogens is 1. The molecule has 0 unspecified atom stereocenters. The van der Waals surface area contributed by atoms with E-state index in [2.05, 4.69) is 10.3 Å². The summed E-state index contributed by atoms with van der Waals surface area (Å²) in [4.78, 5) is 17.1. The van der Waals surface area contributed by atoms with Crippen LogP contribution < -0.4 is 24.3 Å². The molecular weight excluding hydrogens is 380 g/mol. The van der Waals surface area contributed by atoms with E-state index >= 15 is 0 Å². The number of benzene rings is 2. The number of ether oxygens (including phenoxy) is 4. The van der Waals surface area contributed by atoms with Gasteiger partial charge in [0.05, 0.1) is 25.5 Å². The van der Waals surface area contributed by atoms with Crippen molar-refractivity contribution in [3.63, 3.8) is 0 Å². The Labute approximate surface area is 165 Å². The number of hydrogen-bond acceptors (Lipinski definition) is 7. The maximum absolute atomic E-state index is 12.6. The van der Waals surface area contributed by atoms with Crippen LogP contribution in [0.25, 0.3) is 11.3 Å². The van der Waals surface area contributed by atoms with Crippen molar-refractivity contribution in [3.05, 3.63) is 47.3 Å². The van der Waals surface area contributed by atoms with Crippen molar-refractivity contribution in [2.24, 2.45) is 0 Å². The van der Waals surface area contributed by atoms with E-state index in [1.54, 1.807) is 25.3 Å². The zero-order valence-electron chi connectivity index (χ0n) is 15.4. The van der Waals surface area contributed by atoms with Gasteiger partial charge in [0.25, 0.3) is 5.91 Å². The molecular formula is C20H18N2O5S. The molecule has 2 heterocycles. The molecule has 0 saturated carbocycles. The van der Waals surface area contributed by atoms with Gasteiger partial charge in [-0.3, -0.25) is 10.1 Å². The number of nitrogens with zero attached hydrogens (tertiary/aromatic N) is 1. The van der Waals surface area contributed by atoms with Gasteiger partial charge in [-0.1, -0.05) is 0 Å². The van der Waals surface area contributed by atoms with Crippen LogP contribution in [0.4, 0.5) is 5.13 Å². The topological polar surface area (TPSA) is 78.9 Å². The fourth-order valence-corrected chi connectivity index (χ4v) is 3.53. The van der Waals surface area contributed by atoms with Gasteiger partial charge < -0.3 is 18.9 Å². The maximum atomic E-state index is 12.6. The van der Waals surface area contributed by atoms with Gasteiger partial charge in [-0.05, 0) is 30.3 Å². The Morgan fingerprint density at radius 1 is 1.07 bits per heavy atom. The van der Waals surface area contributed by atoms with Crippen LogP contribution in [0.2, 0.25) is 0 Å². The molecule has 28 heavy (non-hydrogen) atoms. The van der Waals surface area contributed by atoms with Crippen molar-refractivity contribution in [2.45, 2.75) is 0 Å². The lowest BCUT2D eigenvalue weighted by Crippen LogP contribution is -2.15. The number of carbonyl (C=O) groups excluding carboxylic acids is 1. The first-order valence-electron chi connectivity index (χ1n) is 8.57. The van der Waals surface area contributed by atoms with Crippen LogP contribution in [0, 0.1) is 0 Å². The largest absolute Gasteiger partial charge is 0.497 e. The van der Waals surface area contributed by atoms with E-state index in [1.807, 2.05) is 23.6 Å². The van der Waals surface area contributed by atoms with Gasteiger partial charge in [-0.25, -0.2) is 4.98 Å². The number of nitrogens with one attached hydrogen (secondary N) is 1. The number of methoxy groups -OCH3 is 2. The summed E-state index contributed by atoms with van der Waals surface area (Å²) in [5, 5.41) is 5.19. The molecule has 0 spiro atoms. The minimum absolute atomic E-state index is 0.303. The summed E-state index contributed by atoms with van der Waals surface area (Å²) in [6.45, 7) is 1.08. The van der Waals surface area contributed by atoms with Gasteiger partial charge in [0, 0.05) is 17.0 Å². The second-order valence-corrected chi connectivity index (χ2v) is 6.77. The molecule has 1 aliphatic rings. The first kappa shape index (κ1) is 18.1. The van der Waals surface area contributed by atoms with Crippen molar-refractivity contribution in [3.8, 4) is 34.3 Å². The summed E-state index contributed by atoms with van der Waals surface area (Å²) >= 11 is 1.35. The molecule has 0 radical (unpaired) electrons. The fourth-order valence-electron chi connectivity index (χ4n) is 2.82. The number of fused-ring (bicyclic) bond motifs is 1. The highest BCUT2D eigenvalue weighted by molar-refractivity contribution is 7.14. The average Bonchev–Trinajstić information content (AvgIpc) is 3.21.